The Hall–Kier alpha value is -0.980. The maximum Gasteiger partial charge on any atom is 0.191 e. The molecular formula is C17H30IN3O. The van der Waals surface area contributed by atoms with Crippen molar-refractivity contribution in [3.8, 4) is 5.75 Å². The van der Waals surface area contributed by atoms with Crippen molar-refractivity contribution in [1.82, 2.24) is 10.6 Å². The van der Waals surface area contributed by atoms with Gasteiger partial charge in [-0.15, -0.1) is 24.0 Å². The highest BCUT2D eigenvalue weighted by Gasteiger charge is 2.07. The third-order valence-corrected chi connectivity index (χ3v) is 3.77. The predicted octanol–water partition coefficient (Wildman–Crippen LogP) is 3.77. The van der Waals surface area contributed by atoms with Crippen molar-refractivity contribution in [3.05, 3.63) is 29.8 Å². The molecule has 22 heavy (non-hydrogen) atoms. The lowest BCUT2D eigenvalue weighted by molar-refractivity contribution is 0.414. The first kappa shape index (κ1) is 21.0. The molecule has 0 aromatic heterocycles. The van der Waals surface area contributed by atoms with E-state index in [0.29, 0.717) is 12.0 Å². The average molecular weight is 419 g/mol. The van der Waals surface area contributed by atoms with Crippen molar-refractivity contribution < 1.29 is 4.74 Å². The quantitative estimate of drug-likeness (QED) is 0.402. The third kappa shape index (κ3) is 7.33. The van der Waals surface area contributed by atoms with Crippen LogP contribution in [0.15, 0.2) is 29.3 Å². The zero-order valence-electron chi connectivity index (χ0n) is 14.3. The van der Waals surface area contributed by atoms with Gasteiger partial charge in [-0.3, -0.25) is 4.99 Å². The van der Waals surface area contributed by atoms with Crippen LogP contribution >= 0.6 is 24.0 Å². The number of nitrogens with zero attached hydrogens (tertiary/aromatic N) is 1. The Balaban J connectivity index is 0.00000441. The summed E-state index contributed by atoms with van der Waals surface area (Å²) in [7, 11) is 3.50. The largest absolute Gasteiger partial charge is 0.497 e. The molecule has 0 saturated carbocycles. The molecule has 126 valence electrons. The number of nitrogens with one attached hydrogen (secondary N) is 2. The van der Waals surface area contributed by atoms with Crippen LogP contribution in [0.25, 0.3) is 0 Å². The van der Waals surface area contributed by atoms with Crippen LogP contribution in [0.2, 0.25) is 0 Å². The number of rotatable bonds is 7. The fraction of sp³-hybridized carbons (Fsp3) is 0.588. The Morgan fingerprint density at radius 3 is 2.36 bits per heavy atom. The number of hydrogen-bond acceptors (Lipinski definition) is 2. The fourth-order valence-corrected chi connectivity index (χ4v) is 2.04. The number of guanidine groups is 1. The highest BCUT2D eigenvalue weighted by molar-refractivity contribution is 14.0. The predicted molar refractivity (Wildman–Crippen MR) is 106 cm³/mol. The second kappa shape index (κ2) is 11.6. The van der Waals surface area contributed by atoms with E-state index >= 15 is 0 Å². The number of ether oxygens (including phenoxy) is 1. The number of hydrogen-bond donors (Lipinski definition) is 2. The molecule has 0 aliphatic rings. The Bertz CT molecular complexity index is 434. The van der Waals surface area contributed by atoms with Gasteiger partial charge in [0.2, 0.25) is 0 Å². The third-order valence-electron chi connectivity index (χ3n) is 3.77. The first-order valence-electron chi connectivity index (χ1n) is 7.71. The molecule has 2 N–H and O–H groups in total. The van der Waals surface area contributed by atoms with E-state index in [1.54, 1.807) is 7.11 Å². The van der Waals surface area contributed by atoms with E-state index in [0.717, 1.165) is 31.1 Å². The van der Waals surface area contributed by atoms with Crippen molar-refractivity contribution in [2.45, 2.75) is 45.6 Å². The van der Waals surface area contributed by atoms with E-state index in [4.69, 9.17) is 4.74 Å². The SMILES string of the molecule is CCC(C)NC(=NC)NCCC(C)c1ccc(OC)cc1.I. The number of methoxy groups -OCH3 is 1. The first-order valence-corrected chi connectivity index (χ1v) is 7.71. The fourth-order valence-electron chi connectivity index (χ4n) is 2.04. The summed E-state index contributed by atoms with van der Waals surface area (Å²) in [5.41, 5.74) is 1.34. The molecule has 2 unspecified atom stereocenters. The highest BCUT2D eigenvalue weighted by Crippen LogP contribution is 2.21. The summed E-state index contributed by atoms with van der Waals surface area (Å²) >= 11 is 0. The van der Waals surface area contributed by atoms with Crippen molar-refractivity contribution in [2.75, 3.05) is 20.7 Å². The van der Waals surface area contributed by atoms with E-state index in [-0.39, 0.29) is 24.0 Å². The van der Waals surface area contributed by atoms with Gasteiger partial charge in [-0.2, -0.15) is 0 Å². The summed E-state index contributed by atoms with van der Waals surface area (Å²) in [5.74, 6) is 2.29. The molecule has 0 spiro atoms. The molecular weight excluding hydrogens is 389 g/mol. The minimum Gasteiger partial charge on any atom is -0.497 e. The van der Waals surface area contributed by atoms with Crippen molar-refractivity contribution in [1.29, 1.82) is 0 Å². The van der Waals surface area contributed by atoms with E-state index in [1.165, 1.54) is 5.56 Å². The van der Waals surface area contributed by atoms with Gasteiger partial charge in [0.1, 0.15) is 5.75 Å². The number of benzene rings is 1. The lowest BCUT2D eigenvalue weighted by Crippen LogP contribution is -2.42. The van der Waals surface area contributed by atoms with Crippen LogP contribution < -0.4 is 15.4 Å². The Morgan fingerprint density at radius 1 is 1.23 bits per heavy atom. The smallest absolute Gasteiger partial charge is 0.191 e. The molecule has 5 heteroatoms. The number of halogens is 1. The van der Waals surface area contributed by atoms with E-state index in [2.05, 4.69) is 48.5 Å². The molecule has 1 rings (SSSR count). The van der Waals surface area contributed by atoms with Crippen LogP contribution in [0.4, 0.5) is 0 Å². The minimum atomic E-state index is 0. The summed E-state index contributed by atoms with van der Waals surface area (Å²) in [6.45, 7) is 7.47. The summed E-state index contributed by atoms with van der Waals surface area (Å²) < 4.78 is 5.19. The van der Waals surface area contributed by atoms with Crippen molar-refractivity contribution in [3.63, 3.8) is 0 Å². The molecule has 1 aromatic carbocycles. The van der Waals surface area contributed by atoms with Crippen molar-refractivity contribution in [2.24, 2.45) is 4.99 Å². The van der Waals surface area contributed by atoms with E-state index < -0.39 is 0 Å². The van der Waals surface area contributed by atoms with Gasteiger partial charge in [-0.1, -0.05) is 26.0 Å². The molecule has 0 heterocycles. The summed E-state index contributed by atoms with van der Waals surface area (Å²) in [6, 6.07) is 8.74. The molecule has 4 nitrogen and oxygen atoms in total. The summed E-state index contributed by atoms with van der Waals surface area (Å²) in [4.78, 5) is 4.25. The van der Waals surface area contributed by atoms with Gasteiger partial charge in [0.15, 0.2) is 5.96 Å². The molecule has 0 amide bonds. The van der Waals surface area contributed by atoms with Crippen LogP contribution in [0.3, 0.4) is 0 Å². The molecule has 0 radical (unpaired) electrons. The van der Waals surface area contributed by atoms with Gasteiger partial charge in [-0.05, 0) is 43.4 Å². The number of aliphatic imine (C=N–C) groups is 1. The van der Waals surface area contributed by atoms with Crippen LogP contribution in [-0.4, -0.2) is 32.7 Å². The minimum absolute atomic E-state index is 0. The van der Waals surface area contributed by atoms with E-state index in [9.17, 15) is 0 Å². The zero-order valence-corrected chi connectivity index (χ0v) is 16.7. The Morgan fingerprint density at radius 2 is 1.86 bits per heavy atom. The summed E-state index contributed by atoms with van der Waals surface area (Å²) in [6.07, 6.45) is 2.15. The monoisotopic (exact) mass is 419 g/mol. The first-order chi connectivity index (χ1) is 10.1. The highest BCUT2D eigenvalue weighted by atomic mass is 127. The van der Waals surface area contributed by atoms with Gasteiger partial charge in [-0.25, -0.2) is 0 Å². The summed E-state index contributed by atoms with van der Waals surface area (Å²) in [5, 5.41) is 6.74. The van der Waals surface area contributed by atoms with Gasteiger partial charge >= 0.3 is 0 Å². The van der Waals surface area contributed by atoms with Crippen LogP contribution in [0.1, 0.15) is 45.1 Å². The van der Waals surface area contributed by atoms with Gasteiger partial charge < -0.3 is 15.4 Å². The second-order valence-electron chi connectivity index (χ2n) is 5.42. The average Bonchev–Trinajstić information content (AvgIpc) is 2.53. The molecule has 0 saturated heterocycles. The lowest BCUT2D eigenvalue weighted by Gasteiger charge is -2.18. The maximum atomic E-state index is 5.19. The normalized spacial score (nSPS) is 13.8. The van der Waals surface area contributed by atoms with Gasteiger partial charge in [0.25, 0.3) is 0 Å². The molecule has 0 aliphatic heterocycles. The van der Waals surface area contributed by atoms with E-state index in [1.807, 2.05) is 19.2 Å². The molecule has 1 aromatic rings. The molecule has 2 atom stereocenters. The zero-order chi connectivity index (χ0) is 15.7. The Labute approximate surface area is 152 Å². The molecule has 0 bridgehead atoms. The topological polar surface area (TPSA) is 45.7 Å². The lowest BCUT2D eigenvalue weighted by atomic mass is 9.98. The van der Waals surface area contributed by atoms with Crippen LogP contribution in [0, 0.1) is 0 Å². The molecule has 0 fully saturated rings. The standard InChI is InChI=1S/C17H29N3O.HI/c1-6-14(3)20-17(18-4)19-12-11-13(2)15-7-9-16(21-5)10-8-15;/h7-10,13-14H,6,11-12H2,1-5H3,(H2,18,19,20);1H. The van der Waals surface area contributed by atoms with Gasteiger partial charge in [0, 0.05) is 19.6 Å². The molecule has 0 aliphatic carbocycles. The Kier molecular flexibility index (Phi) is 11.1. The maximum absolute atomic E-state index is 5.19. The van der Waals surface area contributed by atoms with Crippen LogP contribution in [-0.2, 0) is 0 Å². The second-order valence-corrected chi connectivity index (χ2v) is 5.42. The van der Waals surface area contributed by atoms with Crippen molar-refractivity contribution >= 4 is 29.9 Å². The van der Waals surface area contributed by atoms with Gasteiger partial charge in [0.05, 0.1) is 7.11 Å². The van der Waals surface area contributed by atoms with Crippen LogP contribution in [0.5, 0.6) is 5.75 Å².